The number of hydrogen-bond acceptors (Lipinski definition) is 11. The highest BCUT2D eigenvalue weighted by Crippen LogP contribution is 2.43. The summed E-state index contributed by atoms with van der Waals surface area (Å²) in [7, 11) is 0. The number of ether oxygens (including phenoxy) is 3. The second-order valence-corrected chi connectivity index (χ2v) is 19.8. The van der Waals surface area contributed by atoms with E-state index in [1.165, 1.54) is 0 Å². The highest BCUT2D eigenvalue weighted by atomic mass is 35.5. The molecular weight excluding hydrogens is 950 g/mol. The number of fused-ring (bicyclic) bond motifs is 2. The Labute approximate surface area is 407 Å². The maximum Gasteiger partial charge on any atom is 0.326 e. The third kappa shape index (κ3) is 10.7. The number of nitrogens with one attached hydrogen (secondary N) is 3. The van der Waals surface area contributed by atoms with Gasteiger partial charge in [-0.05, 0) is 107 Å². The Hall–Kier alpha value is -6.32. The quantitative estimate of drug-likeness (QED) is 0.0611. The number of carbonyl (C=O) groups is 3. The number of anilines is 1. The highest BCUT2D eigenvalue weighted by molar-refractivity contribution is 7.82. The first kappa shape index (κ1) is 46.8. The molecule has 1 saturated carbocycles. The largest absolute Gasteiger partial charge is 0.489 e. The molecule has 5 N–H and O–H groups in total. The third-order valence-electron chi connectivity index (χ3n) is 12.3. The summed E-state index contributed by atoms with van der Waals surface area (Å²) >= 11 is 10.7. The summed E-state index contributed by atoms with van der Waals surface area (Å²) in [6, 6.07) is 30.1. The SMILES string of the molecule is N#Cc1ccc(-c2ccc(CC(NC(=O)C3Cc4cc5c(cc4C(Cc4nc(NC(=O)C6CCC6)sc4S(=O)O)N3)OC(c3ccc(OCc4ccc(Cl)c(Cl)c4)cc3)CO5)C(=O)O)cc2)cc1. The van der Waals surface area contributed by atoms with E-state index in [1.54, 1.807) is 36.4 Å². The lowest BCUT2D eigenvalue weighted by Gasteiger charge is -2.35. The van der Waals surface area contributed by atoms with Gasteiger partial charge < -0.3 is 34.5 Å². The Morgan fingerprint density at radius 3 is 2.31 bits per heavy atom. The molecule has 1 aromatic heterocycles. The summed E-state index contributed by atoms with van der Waals surface area (Å²) in [6.45, 7) is 0.482. The molecule has 5 unspecified atom stereocenters. The smallest absolute Gasteiger partial charge is 0.326 e. The maximum absolute atomic E-state index is 14.2. The molecule has 3 heterocycles. The van der Waals surface area contributed by atoms with Gasteiger partial charge in [0.25, 0.3) is 0 Å². The van der Waals surface area contributed by atoms with E-state index >= 15 is 0 Å². The average molecular weight is 993 g/mol. The van der Waals surface area contributed by atoms with Crippen LogP contribution in [0, 0.1) is 17.2 Å². The number of aliphatic carboxylic acids is 1. The van der Waals surface area contributed by atoms with Gasteiger partial charge in [-0.15, -0.1) is 0 Å². The van der Waals surface area contributed by atoms with Gasteiger partial charge in [0.1, 0.15) is 29.2 Å². The fraction of sp³-hybridized carbons (Fsp3) is 0.260. The third-order valence-corrected chi connectivity index (χ3v) is 15.1. The highest BCUT2D eigenvalue weighted by Gasteiger charge is 2.37. The van der Waals surface area contributed by atoms with Crippen LogP contribution < -0.4 is 30.2 Å². The lowest BCUT2D eigenvalue weighted by atomic mass is 9.85. The van der Waals surface area contributed by atoms with Crippen molar-refractivity contribution in [2.24, 2.45) is 5.92 Å². The van der Waals surface area contributed by atoms with E-state index in [4.69, 9.17) is 42.7 Å². The Morgan fingerprint density at radius 1 is 0.926 bits per heavy atom. The first-order valence-corrected chi connectivity index (χ1v) is 24.5. The summed E-state index contributed by atoms with van der Waals surface area (Å²) in [5, 5.41) is 29.5. The Morgan fingerprint density at radius 2 is 1.65 bits per heavy atom. The molecule has 3 aliphatic rings. The van der Waals surface area contributed by atoms with Crippen molar-refractivity contribution >= 4 is 68.5 Å². The van der Waals surface area contributed by atoms with Gasteiger partial charge in [0.2, 0.25) is 11.8 Å². The predicted molar refractivity (Wildman–Crippen MR) is 257 cm³/mol. The zero-order valence-corrected chi connectivity index (χ0v) is 39.2. The standard InChI is InChI=1S/C50H43Cl2N5O9S2/c51-37-17-8-29(18-38(37)52)25-64-35-15-13-32(14-16-35)45-26-65-43-21-34-20-40(47(59)55-41(48(60)61)19-27-4-9-30(10-5-27)31-11-6-28(24-53)7-12-31)54-39(36(34)22-44(43)66-45)23-42-49(68(62)63)67-50(56-42)57-46(58)33-2-1-3-33/h4-18,21-22,33,39-41,45,54H,1-3,19-20,23,25-26H2,(H,55,59)(H,60,61)(H,62,63)(H,56,57,58). The number of carboxylic acid groups (broad SMARTS) is 1. The van der Waals surface area contributed by atoms with Crippen molar-refractivity contribution in [3.8, 4) is 34.4 Å². The van der Waals surface area contributed by atoms with Crippen LogP contribution in [0.3, 0.4) is 0 Å². The predicted octanol–water partition coefficient (Wildman–Crippen LogP) is 9.01. The van der Waals surface area contributed by atoms with Crippen LogP contribution in [0.2, 0.25) is 10.0 Å². The van der Waals surface area contributed by atoms with Crippen LogP contribution in [0.1, 0.15) is 70.5 Å². The second-order valence-electron chi connectivity index (χ2n) is 16.8. The number of carboxylic acids is 1. The van der Waals surface area contributed by atoms with E-state index < -0.39 is 47.2 Å². The van der Waals surface area contributed by atoms with E-state index in [0.29, 0.717) is 45.0 Å². The summed E-state index contributed by atoms with van der Waals surface area (Å²) in [6.07, 6.45) is 2.21. The van der Waals surface area contributed by atoms with Gasteiger partial charge in [-0.1, -0.05) is 95.6 Å². The zero-order chi connectivity index (χ0) is 47.5. The first-order chi connectivity index (χ1) is 32.9. The summed E-state index contributed by atoms with van der Waals surface area (Å²) in [5.41, 5.74) is 6.42. The van der Waals surface area contributed by atoms with Gasteiger partial charge in [-0.25, -0.2) is 14.0 Å². The van der Waals surface area contributed by atoms with Crippen LogP contribution in [-0.2, 0) is 51.3 Å². The number of rotatable bonds is 15. The molecule has 5 aromatic carbocycles. The van der Waals surface area contributed by atoms with Crippen molar-refractivity contribution in [3.05, 3.63) is 152 Å². The molecule has 18 heteroatoms. The van der Waals surface area contributed by atoms with E-state index in [0.717, 1.165) is 64.0 Å². The number of hydrogen-bond donors (Lipinski definition) is 5. The molecule has 0 spiro atoms. The van der Waals surface area contributed by atoms with Crippen LogP contribution >= 0.6 is 34.5 Å². The molecule has 2 aliphatic heterocycles. The first-order valence-electron chi connectivity index (χ1n) is 21.8. The number of benzene rings is 5. The van der Waals surface area contributed by atoms with Crippen molar-refractivity contribution in [2.75, 3.05) is 11.9 Å². The number of amides is 2. The minimum absolute atomic E-state index is 0.00957. The normalized spacial score (nSPS) is 18.2. The summed E-state index contributed by atoms with van der Waals surface area (Å²) in [5.74, 6) is -0.550. The summed E-state index contributed by atoms with van der Waals surface area (Å²) in [4.78, 5) is 44.3. The number of aromatic nitrogens is 1. The molecule has 9 rings (SSSR count). The molecule has 1 aliphatic carbocycles. The molecule has 0 bridgehead atoms. The van der Waals surface area contributed by atoms with Crippen molar-refractivity contribution in [3.63, 3.8) is 0 Å². The van der Waals surface area contributed by atoms with E-state index in [9.17, 15) is 28.3 Å². The molecule has 1 fully saturated rings. The molecule has 0 radical (unpaired) electrons. The minimum Gasteiger partial charge on any atom is -0.489 e. The van der Waals surface area contributed by atoms with Crippen LogP contribution in [0.15, 0.2) is 107 Å². The average Bonchev–Trinajstić information content (AvgIpc) is 3.72. The molecule has 68 heavy (non-hydrogen) atoms. The van der Waals surface area contributed by atoms with E-state index in [-0.39, 0.29) is 52.7 Å². The van der Waals surface area contributed by atoms with Crippen molar-refractivity contribution in [2.45, 2.75) is 73.6 Å². The van der Waals surface area contributed by atoms with Crippen LogP contribution in [0.5, 0.6) is 17.2 Å². The fourth-order valence-electron chi connectivity index (χ4n) is 8.37. The number of halogens is 2. The molecular formula is C50H43Cl2N5O9S2. The Kier molecular flexibility index (Phi) is 14.1. The zero-order valence-electron chi connectivity index (χ0n) is 36.1. The topological polar surface area (TPSA) is 209 Å². The summed E-state index contributed by atoms with van der Waals surface area (Å²) < 4.78 is 42.0. The van der Waals surface area contributed by atoms with Gasteiger partial charge in [0.05, 0.1) is 33.4 Å². The van der Waals surface area contributed by atoms with Gasteiger partial charge >= 0.3 is 5.97 Å². The number of nitrogens with zero attached hydrogens (tertiary/aromatic N) is 2. The second kappa shape index (κ2) is 20.5. The van der Waals surface area contributed by atoms with Crippen molar-refractivity contribution < 1.29 is 42.5 Å². The minimum atomic E-state index is -2.45. The number of carbonyl (C=O) groups excluding carboxylic acids is 2. The van der Waals surface area contributed by atoms with Crippen molar-refractivity contribution in [1.29, 1.82) is 5.26 Å². The van der Waals surface area contributed by atoms with Gasteiger partial charge in [-0.2, -0.15) is 5.26 Å². The Bertz CT molecular complexity index is 2940. The van der Waals surface area contributed by atoms with E-state index in [1.807, 2.05) is 66.7 Å². The van der Waals surface area contributed by atoms with E-state index in [2.05, 4.69) is 27.0 Å². The molecule has 0 saturated heterocycles. The number of nitriles is 1. The molecule has 6 aromatic rings. The van der Waals surface area contributed by atoms with Crippen LogP contribution in [0.4, 0.5) is 5.13 Å². The molecule has 348 valence electrons. The molecule has 14 nitrogen and oxygen atoms in total. The lowest BCUT2D eigenvalue weighted by molar-refractivity contribution is -0.142. The van der Waals surface area contributed by atoms with Crippen molar-refractivity contribution in [1.82, 2.24) is 15.6 Å². The van der Waals surface area contributed by atoms with Gasteiger partial charge in [0, 0.05) is 24.8 Å². The number of thiazole rings is 1. The maximum atomic E-state index is 14.2. The molecule has 2 amide bonds. The Balaban J connectivity index is 0.943. The van der Waals surface area contributed by atoms with Gasteiger partial charge in [0.15, 0.2) is 33.8 Å². The van der Waals surface area contributed by atoms with Gasteiger partial charge in [-0.3, -0.25) is 14.9 Å². The molecule has 5 atom stereocenters. The fourth-order valence-corrected chi connectivity index (χ4v) is 10.3. The van der Waals surface area contributed by atoms with Crippen LogP contribution in [-0.4, -0.2) is 55.3 Å². The monoisotopic (exact) mass is 991 g/mol. The lowest BCUT2D eigenvalue weighted by Crippen LogP contribution is -2.54. The van der Waals surface area contributed by atoms with Crippen LogP contribution in [0.25, 0.3) is 11.1 Å².